The van der Waals surface area contributed by atoms with E-state index in [9.17, 15) is 0 Å². The fraction of sp³-hybridized carbons (Fsp3) is 0.308. The highest BCUT2D eigenvalue weighted by Crippen LogP contribution is 2.14. The molecule has 3 heteroatoms. The number of rotatable bonds is 4. The fourth-order valence-electron chi connectivity index (χ4n) is 1.56. The molecule has 0 saturated carbocycles. The van der Waals surface area contributed by atoms with Gasteiger partial charge in [-0.25, -0.2) is 0 Å². The summed E-state index contributed by atoms with van der Waals surface area (Å²) in [6.07, 6.45) is 1.92. The first-order chi connectivity index (χ1) is 7.75. The van der Waals surface area contributed by atoms with E-state index in [1.165, 1.54) is 16.0 Å². The van der Waals surface area contributed by atoms with Crippen LogP contribution in [0, 0.1) is 6.92 Å². The summed E-state index contributed by atoms with van der Waals surface area (Å²) in [6, 6.07) is 9.04. The van der Waals surface area contributed by atoms with E-state index < -0.39 is 0 Å². The number of hydrogen-bond acceptors (Lipinski definition) is 3. The summed E-state index contributed by atoms with van der Waals surface area (Å²) in [7, 11) is 0. The second kappa shape index (κ2) is 5.23. The van der Waals surface area contributed by atoms with Gasteiger partial charge in [0.25, 0.3) is 0 Å². The van der Waals surface area contributed by atoms with Gasteiger partial charge < -0.3 is 5.32 Å². The van der Waals surface area contributed by atoms with Gasteiger partial charge in [0.05, 0.1) is 5.51 Å². The Hall–Kier alpha value is -1.19. The van der Waals surface area contributed by atoms with E-state index in [2.05, 4.69) is 48.4 Å². The third-order valence-electron chi connectivity index (χ3n) is 2.64. The van der Waals surface area contributed by atoms with Gasteiger partial charge in [0.15, 0.2) is 0 Å². The molecule has 1 unspecified atom stereocenters. The molecular formula is C13H16N2S. The molecule has 1 N–H and O–H groups in total. The van der Waals surface area contributed by atoms with Crippen molar-refractivity contribution < 1.29 is 0 Å². The summed E-state index contributed by atoms with van der Waals surface area (Å²) in [6.45, 7) is 5.19. The maximum absolute atomic E-state index is 4.06. The Kier molecular flexibility index (Phi) is 3.70. The van der Waals surface area contributed by atoms with Crippen molar-refractivity contribution in [1.29, 1.82) is 0 Å². The van der Waals surface area contributed by atoms with Crippen LogP contribution in [0.2, 0.25) is 0 Å². The lowest BCUT2D eigenvalue weighted by atomic mass is 10.1. The van der Waals surface area contributed by atoms with Crippen LogP contribution in [-0.2, 0) is 6.54 Å². The molecule has 0 spiro atoms. The van der Waals surface area contributed by atoms with Crippen LogP contribution >= 0.6 is 11.3 Å². The maximum atomic E-state index is 4.06. The molecule has 84 valence electrons. The van der Waals surface area contributed by atoms with E-state index in [4.69, 9.17) is 0 Å². The lowest BCUT2D eigenvalue weighted by molar-refractivity contribution is 0.578. The van der Waals surface area contributed by atoms with Crippen LogP contribution in [0.25, 0.3) is 0 Å². The summed E-state index contributed by atoms with van der Waals surface area (Å²) >= 11 is 1.69. The predicted molar refractivity (Wildman–Crippen MR) is 68.5 cm³/mol. The van der Waals surface area contributed by atoms with Gasteiger partial charge in [-0.2, -0.15) is 0 Å². The number of hydrogen-bond donors (Lipinski definition) is 1. The zero-order valence-electron chi connectivity index (χ0n) is 9.60. The van der Waals surface area contributed by atoms with Crippen molar-refractivity contribution in [2.24, 2.45) is 0 Å². The van der Waals surface area contributed by atoms with Gasteiger partial charge >= 0.3 is 0 Å². The first-order valence-corrected chi connectivity index (χ1v) is 6.31. The molecular weight excluding hydrogens is 216 g/mol. The zero-order valence-corrected chi connectivity index (χ0v) is 10.4. The molecule has 1 heterocycles. The van der Waals surface area contributed by atoms with E-state index in [0.717, 1.165) is 6.54 Å². The molecule has 16 heavy (non-hydrogen) atoms. The van der Waals surface area contributed by atoms with Crippen molar-refractivity contribution in [2.75, 3.05) is 0 Å². The number of benzene rings is 1. The van der Waals surface area contributed by atoms with E-state index in [1.807, 2.05) is 11.7 Å². The SMILES string of the molecule is Cc1ccc(C(C)NCc2cncs2)cc1. The summed E-state index contributed by atoms with van der Waals surface area (Å²) < 4.78 is 0. The topological polar surface area (TPSA) is 24.9 Å². The van der Waals surface area contributed by atoms with E-state index in [0.29, 0.717) is 6.04 Å². The number of thiazole rings is 1. The monoisotopic (exact) mass is 232 g/mol. The van der Waals surface area contributed by atoms with Crippen molar-refractivity contribution in [1.82, 2.24) is 10.3 Å². The average molecular weight is 232 g/mol. The molecule has 1 atom stereocenters. The number of aromatic nitrogens is 1. The molecule has 0 saturated heterocycles. The van der Waals surface area contributed by atoms with Gasteiger partial charge in [0, 0.05) is 23.7 Å². The fourth-order valence-corrected chi connectivity index (χ4v) is 2.10. The largest absolute Gasteiger partial charge is 0.305 e. The van der Waals surface area contributed by atoms with E-state index in [1.54, 1.807) is 11.3 Å². The number of nitrogens with one attached hydrogen (secondary N) is 1. The van der Waals surface area contributed by atoms with Crippen LogP contribution in [0.5, 0.6) is 0 Å². The second-order valence-corrected chi connectivity index (χ2v) is 4.95. The average Bonchev–Trinajstić information content (AvgIpc) is 2.80. The number of aryl methyl sites for hydroxylation is 1. The predicted octanol–water partition coefficient (Wildman–Crippen LogP) is 3.30. The first-order valence-electron chi connectivity index (χ1n) is 5.43. The van der Waals surface area contributed by atoms with E-state index in [-0.39, 0.29) is 0 Å². The summed E-state index contributed by atoms with van der Waals surface area (Å²) in [5, 5.41) is 3.49. The van der Waals surface area contributed by atoms with Crippen LogP contribution in [0.4, 0.5) is 0 Å². The lowest BCUT2D eigenvalue weighted by Gasteiger charge is -2.13. The van der Waals surface area contributed by atoms with Crippen LogP contribution in [-0.4, -0.2) is 4.98 Å². The molecule has 0 aliphatic rings. The first kappa shape index (κ1) is 11.3. The molecule has 0 aliphatic carbocycles. The standard InChI is InChI=1S/C13H16N2S/c1-10-3-5-12(6-4-10)11(2)15-8-13-7-14-9-16-13/h3-7,9,11,15H,8H2,1-2H3. The molecule has 2 rings (SSSR count). The third kappa shape index (κ3) is 2.90. The summed E-state index contributed by atoms with van der Waals surface area (Å²) in [5.74, 6) is 0. The highest BCUT2D eigenvalue weighted by atomic mass is 32.1. The Labute approximate surface area is 100 Å². The summed E-state index contributed by atoms with van der Waals surface area (Å²) in [4.78, 5) is 5.34. The molecule has 0 radical (unpaired) electrons. The smallest absolute Gasteiger partial charge is 0.0794 e. The second-order valence-electron chi connectivity index (χ2n) is 3.98. The van der Waals surface area contributed by atoms with Gasteiger partial charge in [-0.3, -0.25) is 4.98 Å². The van der Waals surface area contributed by atoms with E-state index >= 15 is 0 Å². The van der Waals surface area contributed by atoms with Crippen molar-refractivity contribution >= 4 is 11.3 Å². The highest BCUT2D eigenvalue weighted by Gasteiger charge is 2.04. The third-order valence-corrected chi connectivity index (χ3v) is 3.42. The summed E-state index contributed by atoms with van der Waals surface area (Å²) in [5.41, 5.74) is 4.50. The molecule has 0 bridgehead atoms. The molecule has 1 aromatic heterocycles. The van der Waals surface area contributed by atoms with Crippen molar-refractivity contribution in [3.8, 4) is 0 Å². The molecule has 1 aromatic carbocycles. The van der Waals surface area contributed by atoms with Crippen LogP contribution in [0.1, 0.15) is 29.0 Å². The Morgan fingerprint density at radius 2 is 2.06 bits per heavy atom. The Bertz CT molecular complexity index is 420. The normalized spacial score (nSPS) is 12.6. The van der Waals surface area contributed by atoms with Crippen molar-refractivity contribution in [3.05, 3.63) is 52.0 Å². The van der Waals surface area contributed by atoms with Gasteiger partial charge in [0.1, 0.15) is 0 Å². The molecule has 0 fully saturated rings. The van der Waals surface area contributed by atoms with Crippen molar-refractivity contribution in [2.45, 2.75) is 26.4 Å². The highest BCUT2D eigenvalue weighted by molar-refractivity contribution is 7.09. The zero-order chi connectivity index (χ0) is 11.4. The van der Waals surface area contributed by atoms with Gasteiger partial charge in [-0.1, -0.05) is 29.8 Å². The Balaban J connectivity index is 1.93. The maximum Gasteiger partial charge on any atom is 0.0794 e. The van der Waals surface area contributed by atoms with Crippen LogP contribution < -0.4 is 5.32 Å². The molecule has 0 amide bonds. The Morgan fingerprint density at radius 3 is 2.69 bits per heavy atom. The Morgan fingerprint density at radius 1 is 1.31 bits per heavy atom. The molecule has 0 aliphatic heterocycles. The van der Waals surface area contributed by atoms with Crippen LogP contribution in [0.3, 0.4) is 0 Å². The molecule has 2 aromatic rings. The minimum absolute atomic E-state index is 0.377. The van der Waals surface area contributed by atoms with Gasteiger partial charge in [-0.05, 0) is 19.4 Å². The van der Waals surface area contributed by atoms with Gasteiger partial charge in [-0.15, -0.1) is 11.3 Å². The van der Waals surface area contributed by atoms with Gasteiger partial charge in [0.2, 0.25) is 0 Å². The minimum Gasteiger partial charge on any atom is -0.305 e. The van der Waals surface area contributed by atoms with Crippen molar-refractivity contribution in [3.63, 3.8) is 0 Å². The number of nitrogens with zero attached hydrogens (tertiary/aromatic N) is 1. The minimum atomic E-state index is 0.377. The lowest BCUT2D eigenvalue weighted by Crippen LogP contribution is -2.17. The quantitative estimate of drug-likeness (QED) is 0.875. The molecule has 2 nitrogen and oxygen atoms in total. The van der Waals surface area contributed by atoms with Crippen LogP contribution in [0.15, 0.2) is 36.0 Å².